The summed E-state index contributed by atoms with van der Waals surface area (Å²) in [4.78, 5) is 20.0. The van der Waals surface area contributed by atoms with Crippen LogP contribution in [0.4, 0.5) is 8.78 Å². The molecule has 1 heterocycles. The first-order valence-corrected chi connectivity index (χ1v) is 11.3. The van der Waals surface area contributed by atoms with Crippen LogP contribution in [0.25, 0.3) is 0 Å². The molecule has 0 spiro atoms. The van der Waals surface area contributed by atoms with E-state index in [4.69, 9.17) is 0 Å². The lowest BCUT2D eigenvalue weighted by Gasteiger charge is -2.36. The Hall–Kier alpha value is -3.08. The number of nitrogens with zero attached hydrogens (tertiary/aromatic N) is 2. The molecular formula is C27H28F2N2O. The second-order valence-corrected chi connectivity index (χ2v) is 8.51. The van der Waals surface area contributed by atoms with Gasteiger partial charge in [0, 0.05) is 12.6 Å². The van der Waals surface area contributed by atoms with E-state index in [0.29, 0.717) is 25.3 Å². The Labute approximate surface area is 188 Å². The minimum atomic E-state index is -0.283. The fourth-order valence-electron chi connectivity index (χ4n) is 4.69. The molecule has 1 aromatic heterocycles. The molecule has 0 bridgehead atoms. The molecule has 0 N–H and O–H groups in total. The highest BCUT2D eigenvalue weighted by atomic mass is 19.1. The molecule has 1 aliphatic carbocycles. The van der Waals surface area contributed by atoms with E-state index in [9.17, 15) is 13.6 Å². The van der Waals surface area contributed by atoms with Gasteiger partial charge in [-0.2, -0.15) is 0 Å². The third-order valence-corrected chi connectivity index (χ3v) is 6.31. The molecule has 32 heavy (non-hydrogen) atoms. The van der Waals surface area contributed by atoms with Crippen molar-refractivity contribution in [2.45, 2.75) is 51.1 Å². The van der Waals surface area contributed by atoms with E-state index in [1.54, 1.807) is 30.5 Å². The van der Waals surface area contributed by atoms with Crippen molar-refractivity contribution in [3.05, 3.63) is 101 Å². The summed E-state index contributed by atoms with van der Waals surface area (Å²) in [5.41, 5.74) is 2.72. The number of rotatable bonds is 8. The molecule has 3 nitrogen and oxygen atoms in total. The van der Waals surface area contributed by atoms with E-state index in [1.165, 1.54) is 24.3 Å². The summed E-state index contributed by atoms with van der Waals surface area (Å²) in [6, 6.07) is 18.4. The summed E-state index contributed by atoms with van der Waals surface area (Å²) in [5.74, 6) is -0.201. The van der Waals surface area contributed by atoms with E-state index >= 15 is 0 Å². The van der Waals surface area contributed by atoms with Gasteiger partial charge in [0.25, 0.3) is 0 Å². The lowest BCUT2D eigenvalue weighted by molar-refractivity contribution is -0.135. The maximum absolute atomic E-state index is 13.7. The predicted octanol–water partition coefficient (Wildman–Crippen LogP) is 6.25. The van der Waals surface area contributed by atoms with Crippen molar-refractivity contribution in [2.24, 2.45) is 5.92 Å². The smallest absolute Gasteiger partial charge is 0.223 e. The van der Waals surface area contributed by atoms with Gasteiger partial charge in [0.05, 0.1) is 18.3 Å². The van der Waals surface area contributed by atoms with Crippen LogP contribution in [0, 0.1) is 17.6 Å². The largest absolute Gasteiger partial charge is 0.329 e. The van der Waals surface area contributed by atoms with Crippen molar-refractivity contribution >= 4 is 5.91 Å². The van der Waals surface area contributed by atoms with Crippen LogP contribution in [0.3, 0.4) is 0 Å². The average Bonchev–Trinajstić information content (AvgIpc) is 3.34. The molecule has 1 amide bonds. The van der Waals surface area contributed by atoms with Gasteiger partial charge in [-0.15, -0.1) is 0 Å². The molecular weight excluding hydrogens is 406 g/mol. The lowest BCUT2D eigenvalue weighted by atomic mass is 9.89. The molecule has 166 valence electrons. The maximum Gasteiger partial charge on any atom is 0.223 e. The number of halogens is 2. The Kier molecular flexibility index (Phi) is 7.25. The number of benzene rings is 2. The molecule has 5 heteroatoms. The number of hydrogen-bond acceptors (Lipinski definition) is 2. The maximum atomic E-state index is 13.7. The summed E-state index contributed by atoms with van der Waals surface area (Å²) in [6.45, 7) is 0.404. The summed E-state index contributed by atoms with van der Waals surface area (Å²) in [7, 11) is 0. The number of hydrogen-bond donors (Lipinski definition) is 0. The molecule has 0 aliphatic heterocycles. The highest BCUT2D eigenvalue weighted by molar-refractivity contribution is 5.77. The molecule has 1 unspecified atom stereocenters. The molecule has 1 aliphatic rings. The predicted molar refractivity (Wildman–Crippen MR) is 121 cm³/mol. The summed E-state index contributed by atoms with van der Waals surface area (Å²) < 4.78 is 26.9. The van der Waals surface area contributed by atoms with Crippen LogP contribution in [0.1, 0.15) is 55.0 Å². The number of aryl methyl sites for hydroxylation is 1. The fourth-order valence-corrected chi connectivity index (χ4v) is 4.69. The van der Waals surface area contributed by atoms with Crippen molar-refractivity contribution in [3.8, 4) is 0 Å². The Balaban J connectivity index is 1.62. The van der Waals surface area contributed by atoms with Crippen LogP contribution >= 0.6 is 0 Å². The minimum absolute atomic E-state index is 0.0289. The number of carbonyl (C=O) groups excluding carboxylic acids is 1. The van der Waals surface area contributed by atoms with E-state index < -0.39 is 0 Å². The highest BCUT2D eigenvalue weighted by Crippen LogP contribution is 2.40. The van der Waals surface area contributed by atoms with E-state index in [0.717, 1.165) is 42.5 Å². The van der Waals surface area contributed by atoms with Crippen molar-refractivity contribution in [1.29, 1.82) is 0 Å². The standard InChI is InChI=1S/C27H28F2N2O/c28-23-13-8-20(9-14-23)10-17-26(32)31(19-25-7-3-4-18-30-25)27(21-5-1-2-6-21)22-11-15-24(29)16-12-22/h3-4,7-9,11-16,18,21,27H,1-2,5-6,10,17,19H2. The number of pyridine rings is 1. The van der Waals surface area contributed by atoms with Gasteiger partial charge in [0.15, 0.2) is 0 Å². The molecule has 1 fully saturated rings. The molecule has 4 rings (SSSR count). The van der Waals surface area contributed by atoms with Crippen LogP contribution < -0.4 is 0 Å². The minimum Gasteiger partial charge on any atom is -0.329 e. The third-order valence-electron chi connectivity index (χ3n) is 6.31. The van der Waals surface area contributed by atoms with Gasteiger partial charge in [-0.25, -0.2) is 8.78 Å². The normalized spacial score (nSPS) is 14.9. The number of aromatic nitrogens is 1. The van der Waals surface area contributed by atoms with Crippen molar-refractivity contribution < 1.29 is 13.6 Å². The molecule has 0 radical (unpaired) electrons. The van der Waals surface area contributed by atoms with Gasteiger partial charge in [0.2, 0.25) is 5.91 Å². The summed E-state index contributed by atoms with van der Waals surface area (Å²) in [5, 5.41) is 0. The zero-order chi connectivity index (χ0) is 22.3. The first-order chi connectivity index (χ1) is 15.6. The highest BCUT2D eigenvalue weighted by Gasteiger charge is 2.34. The van der Waals surface area contributed by atoms with Gasteiger partial charge in [-0.1, -0.05) is 43.2 Å². The van der Waals surface area contributed by atoms with Gasteiger partial charge in [0.1, 0.15) is 11.6 Å². The molecule has 1 saturated carbocycles. The van der Waals surface area contributed by atoms with E-state index in [1.807, 2.05) is 23.1 Å². The summed E-state index contributed by atoms with van der Waals surface area (Å²) in [6.07, 6.45) is 6.98. The topological polar surface area (TPSA) is 33.2 Å². The van der Waals surface area contributed by atoms with Gasteiger partial charge in [-0.05, 0) is 72.7 Å². The Bertz CT molecular complexity index is 1000. The van der Waals surface area contributed by atoms with Crippen LogP contribution in [-0.2, 0) is 17.8 Å². The van der Waals surface area contributed by atoms with Crippen LogP contribution in [0.15, 0.2) is 72.9 Å². The monoisotopic (exact) mass is 434 g/mol. The Morgan fingerprint density at radius 3 is 2.22 bits per heavy atom. The van der Waals surface area contributed by atoms with Crippen LogP contribution in [0.5, 0.6) is 0 Å². The first-order valence-electron chi connectivity index (χ1n) is 11.3. The fraction of sp³-hybridized carbons (Fsp3) is 0.333. The molecule has 0 saturated heterocycles. The molecule has 2 aromatic carbocycles. The van der Waals surface area contributed by atoms with Crippen LogP contribution in [-0.4, -0.2) is 15.8 Å². The van der Waals surface area contributed by atoms with Gasteiger partial charge >= 0.3 is 0 Å². The lowest BCUT2D eigenvalue weighted by Crippen LogP contribution is -2.38. The zero-order valence-electron chi connectivity index (χ0n) is 18.1. The first kappa shape index (κ1) is 22.1. The summed E-state index contributed by atoms with van der Waals surface area (Å²) >= 11 is 0. The Morgan fingerprint density at radius 2 is 1.59 bits per heavy atom. The molecule has 1 atom stereocenters. The number of amides is 1. The quantitative estimate of drug-likeness (QED) is 0.420. The van der Waals surface area contributed by atoms with Crippen molar-refractivity contribution in [2.75, 3.05) is 0 Å². The average molecular weight is 435 g/mol. The Morgan fingerprint density at radius 1 is 0.938 bits per heavy atom. The number of carbonyl (C=O) groups is 1. The van der Waals surface area contributed by atoms with Crippen molar-refractivity contribution in [3.63, 3.8) is 0 Å². The van der Waals surface area contributed by atoms with Crippen molar-refractivity contribution in [1.82, 2.24) is 9.88 Å². The van der Waals surface area contributed by atoms with Gasteiger partial charge < -0.3 is 4.90 Å². The zero-order valence-corrected chi connectivity index (χ0v) is 18.1. The second kappa shape index (κ2) is 10.5. The third kappa shape index (κ3) is 5.58. The van der Waals surface area contributed by atoms with E-state index in [-0.39, 0.29) is 23.6 Å². The van der Waals surface area contributed by atoms with Crippen LogP contribution in [0.2, 0.25) is 0 Å². The second-order valence-electron chi connectivity index (χ2n) is 8.51. The SMILES string of the molecule is O=C(CCc1ccc(F)cc1)N(Cc1ccccn1)C(c1ccc(F)cc1)C1CCCC1. The van der Waals surface area contributed by atoms with E-state index in [2.05, 4.69) is 4.98 Å². The molecule has 3 aromatic rings. The van der Waals surface area contributed by atoms with Gasteiger partial charge in [-0.3, -0.25) is 9.78 Å².